The Morgan fingerprint density at radius 3 is 2.31 bits per heavy atom. The minimum absolute atomic E-state index is 0. The number of carbonyl (C=O) groups is 2. The van der Waals surface area contributed by atoms with Crippen LogP contribution in [0.15, 0.2) is 0 Å². The average Bonchev–Trinajstić information content (AvgIpc) is 2.13. The quantitative estimate of drug-likeness (QED) is 0.755. The van der Waals surface area contributed by atoms with Crippen molar-refractivity contribution in [2.24, 2.45) is 5.73 Å². The van der Waals surface area contributed by atoms with Crippen molar-refractivity contribution in [3.8, 4) is 0 Å². The summed E-state index contributed by atoms with van der Waals surface area (Å²) in [7, 11) is 0. The Morgan fingerprint density at radius 2 is 2.00 bits per heavy atom. The minimum Gasteiger partial charge on any atom is -0.329 e. The fourth-order valence-electron chi connectivity index (χ4n) is 1.05. The summed E-state index contributed by atoms with van der Waals surface area (Å²) in [6.07, 6.45) is 0. The van der Waals surface area contributed by atoms with Gasteiger partial charge in [-0.25, -0.2) is 0 Å². The minimum atomic E-state index is -0.605. The molecule has 1 rings (SSSR count). The normalized spacial score (nSPS) is 20.4. The molecule has 0 spiro atoms. The molecule has 0 aromatic rings. The van der Waals surface area contributed by atoms with Gasteiger partial charge >= 0.3 is 0 Å². The second-order valence-corrected chi connectivity index (χ2v) is 4.70. The van der Waals surface area contributed by atoms with Crippen LogP contribution in [0.4, 0.5) is 4.79 Å². The third-order valence-electron chi connectivity index (χ3n) is 1.68. The molecule has 0 saturated carbocycles. The van der Waals surface area contributed by atoms with Gasteiger partial charge in [-0.05, 0) is 25.6 Å². The van der Waals surface area contributed by atoms with Crippen molar-refractivity contribution in [3.63, 3.8) is 0 Å². The summed E-state index contributed by atoms with van der Waals surface area (Å²) in [4.78, 5) is 23.9. The zero-order valence-electron chi connectivity index (χ0n) is 7.57. The van der Waals surface area contributed by atoms with Crippen LogP contribution in [0, 0.1) is 0 Å². The molecule has 0 bridgehead atoms. The van der Waals surface area contributed by atoms with Gasteiger partial charge in [0.25, 0.3) is 5.24 Å². The molecule has 1 saturated heterocycles. The molecule has 0 radical (unpaired) electrons. The lowest BCUT2D eigenvalue weighted by molar-refractivity contribution is -0.128. The second-order valence-electron chi connectivity index (χ2n) is 3.12. The number of nitrogens with two attached hydrogens (primary N) is 1. The number of carbonyl (C=O) groups excluding carboxylic acids is 2. The van der Waals surface area contributed by atoms with E-state index < -0.39 is 4.75 Å². The first-order valence-corrected chi connectivity index (χ1v) is 4.55. The first-order chi connectivity index (χ1) is 5.49. The zero-order chi connectivity index (χ0) is 9.35. The van der Waals surface area contributed by atoms with Crippen LogP contribution in [-0.2, 0) is 4.79 Å². The van der Waals surface area contributed by atoms with Crippen LogP contribution in [-0.4, -0.2) is 33.9 Å². The Kier molecular flexibility index (Phi) is 4.22. The number of hydrogen-bond donors (Lipinski definition) is 1. The van der Waals surface area contributed by atoms with Gasteiger partial charge in [0.15, 0.2) is 0 Å². The third kappa shape index (κ3) is 2.36. The van der Waals surface area contributed by atoms with Crippen molar-refractivity contribution in [1.82, 2.24) is 4.90 Å². The van der Waals surface area contributed by atoms with Crippen LogP contribution in [0.5, 0.6) is 0 Å². The molecule has 0 aromatic heterocycles. The Bertz CT molecular complexity index is 233. The molecule has 0 unspecified atom stereocenters. The summed E-state index contributed by atoms with van der Waals surface area (Å²) < 4.78 is -0.605. The third-order valence-corrected chi connectivity index (χ3v) is 2.76. The topological polar surface area (TPSA) is 63.4 Å². The van der Waals surface area contributed by atoms with Crippen LogP contribution >= 0.6 is 24.2 Å². The Balaban J connectivity index is 0.00000144. The number of thioether (sulfide) groups is 1. The van der Waals surface area contributed by atoms with Gasteiger partial charge < -0.3 is 5.73 Å². The van der Waals surface area contributed by atoms with Crippen molar-refractivity contribution in [3.05, 3.63) is 0 Å². The smallest absolute Gasteiger partial charge is 0.289 e. The first-order valence-electron chi connectivity index (χ1n) is 3.74. The number of hydrogen-bond acceptors (Lipinski definition) is 4. The van der Waals surface area contributed by atoms with E-state index in [1.54, 1.807) is 13.8 Å². The highest BCUT2D eigenvalue weighted by Crippen LogP contribution is 2.35. The maximum Gasteiger partial charge on any atom is 0.289 e. The molecule has 1 heterocycles. The largest absolute Gasteiger partial charge is 0.329 e. The predicted molar refractivity (Wildman–Crippen MR) is 55.1 cm³/mol. The molecule has 1 aliphatic rings. The van der Waals surface area contributed by atoms with E-state index in [9.17, 15) is 9.59 Å². The summed E-state index contributed by atoms with van der Waals surface area (Å²) >= 11 is 1.06. The number of halogens is 1. The first kappa shape index (κ1) is 12.7. The molecular weight excluding hydrogens is 212 g/mol. The lowest BCUT2D eigenvalue weighted by atomic mass is 10.2. The number of nitrogens with zero attached hydrogens (tertiary/aromatic N) is 1. The monoisotopic (exact) mass is 224 g/mol. The summed E-state index contributed by atoms with van der Waals surface area (Å²) in [5.74, 6) is -0.136. The van der Waals surface area contributed by atoms with E-state index in [1.807, 2.05) is 0 Å². The van der Waals surface area contributed by atoms with E-state index in [-0.39, 0.29) is 23.6 Å². The van der Waals surface area contributed by atoms with E-state index in [4.69, 9.17) is 5.73 Å². The zero-order valence-corrected chi connectivity index (χ0v) is 9.20. The van der Waals surface area contributed by atoms with E-state index in [0.717, 1.165) is 11.8 Å². The van der Waals surface area contributed by atoms with Crippen LogP contribution in [0.2, 0.25) is 0 Å². The van der Waals surface area contributed by atoms with Crippen molar-refractivity contribution in [1.29, 1.82) is 0 Å². The molecule has 0 aromatic carbocycles. The number of rotatable bonds is 2. The lowest BCUT2D eigenvalue weighted by Crippen LogP contribution is -2.38. The van der Waals surface area contributed by atoms with Gasteiger partial charge in [-0.15, -0.1) is 12.4 Å². The van der Waals surface area contributed by atoms with Crippen LogP contribution in [0.3, 0.4) is 0 Å². The van der Waals surface area contributed by atoms with Gasteiger partial charge in [-0.1, -0.05) is 0 Å². The van der Waals surface area contributed by atoms with Crippen molar-refractivity contribution in [2.45, 2.75) is 18.6 Å². The molecule has 2 amide bonds. The van der Waals surface area contributed by atoms with Crippen molar-refractivity contribution >= 4 is 35.3 Å². The van der Waals surface area contributed by atoms with Gasteiger partial charge in [0, 0.05) is 13.1 Å². The van der Waals surface area contributed by atoms with Crippen LogP contribution < -0.4 is 5.73 Å². The highest BCUT2D eigenvalue weighted by molar-refractivity contribution is 8.16. The standard InChI is InChI=1S/C7H12N2O2S.ClH/c1-7(2)5(10)9(4-3-8)6(11)12-7;/h3-4,8H2,1-2H3;1H. The second kappa shape index (κ2) is 4.30. The fraction of sp³-hybridized carbons (Fsp3) is 0.714. The van der Waals surface area contributed by atoms with Crippen molar-refractivity contribution < 1.29 is 9.59 Å². The van der Waals surface area contributed by atoms with E-state index in [0.29, 0.717) is 13.1 Å². The van der Waals surface area contributed by atoms with Gasteiger partial charge in [-0.2, -0.15) is 0 Å². The summed E-state index contributed by atoms with van der Waals surface area (Å²) in [5, 5.41) is -0.185. The highest BCUT2D eigenvalue weighted by Gasteiger charge is 2.45. The average molecular weight is 225 g/mol. The maximum absolute atomic E-state index is 11.5. The predicted octanol–water partition coefficient (Wildman–Crippen LogP) is 0.841. The van der Waals surface area contributed by atoms with Gasteiger partial charge in [0.1, 0.15) is 0 Å². The maximum atomic E-state index is 11.5. The van der Waals surface area contributed by atoms with Gasteiger partial charge in [0.2, 0.25) is 5.91 Å². The Morgan fingerprint density at radius 1 is 1.46 bits per heavy atom. The number of imide groups is 1. The van der Waals surface area contributed by atoms with Crippen molar-refractivity contribution in [2.75, 3.05) is 13.1 Å². The molecule has 1 aliphatic heterocycles. The Hall–Kier alpha value is -0.260. The van der Waals surface area contributed by atoms with E-state index in [1.165, 1.54) is 4.90 Å². The van der Waals surface area contributed by atoms with E-state index >= 15 is 0 Å². The van der Waals surface area contributed by atoms with Crippen LogP contribution in [0.1, 0.15) is 13.8 Å². The van der Waals surface area contributed by atoms with Gasteiger partial charge in [-0.3, -0.25) is 14.5 Å². The SMILES string of the molecule is CC1(C)SC(=O)N(CCN)C1=O.Cl. The summed E-state index contributed by atoms with van der Waals surface area (Å²) in [5.41, 5.74) is 5.27. The molecular formula is C7H13ClN2O2S. The van der Waals surface area contributed by atoms with Crippen LogP contribution in [0.25, 0.3) is 0 Å². The molecule has 13 heavy (non-hydrogen) atoms. The Labute approximate surface area is 87.6 Å². The van der Waals surface area contributed by atoms with Gasteiger partial charge in [0.05, 0.1) is 4.75 Å². The van der Waals surface area contributed by atoms with E-state index in [2.05, 4.69) is 0 Å². The highest BCUT2D eigenvalue weighted by atomic mass is 35.5. The molecule has 0 aliphatic carbocycles. The molecule has 6 heteroatoms. The molecule has 0 atom stereocenters. The molecule has 76 valence electrons. The summed E-state index contributed by atoms with van der Waals surface area (Å²) in [6, 6.07) is 0. The molecule has 4 nitrogen and oxygen atoms in total. The number of amides is 2. The molecule has 1 fully saturated rings. The lowest BCUT2D eigenvalue weighted by Gasteiger charge is -2.14. The fourth-order valence-corrected chi connectivity index (χ4v) is 1.97. The summed E-state index contributed by atoms with van der Waals surface area (Å²) in [6.45, 7) is 4.14. The molecule has 2 N–H and O–H groups in total.